The SMILES string of the molecule is c1ccc2c(c1)CCC2NC1=NCCCCC1. The van der Waals surface area contributed by atoms with Gasteiger partial charge in [0, 0.05) is 13.0 Å². The van der Waals surface area contributed by atoms with E-state index in [1.807, 2.05) is 0 Å². The summed E-state index contributed by atoms with van der Waals surface area (Å²) >= 11 is 0. The second-order valence-electron chi connectivity index (χ2n) is 5.07. The highest BCUT2D eigenvalue weighted by molar-refractivity contribution is 5.82. The molecule has 0 radical (unpaired) electrons. The minimum atomic E-state index is 0.503. The molecular formula is C15H20N2. The van der Waals surface area contributed by atoms with Crippen LogP contribution >= 0.6 is 0 Å². The molecule has 0 amide bonds. The van der Waals surface area contributed by atoms with Crippen molar-refractivity contribution in [2.24, 2.45) is 4.99 Å². The van der Waals surface area contributed by atoms with Crippen molar-refractivity contribution < 1.29 is 0 Å². The van der Waals surface area contributed by atoms with Crippen LogP contribution in [0.1, 0.15) is 49.3 Å². The van der Waals surface area contributed by atoms with E-state index in [-0.39, 0.29) is 0 Å². The third kappa shape index (κ3) is 2.36. The van der Waals surface area contributed by atoms with Crippen LogP contribution in [-0.4, -0.2) is 12.4 Å². The monoisotopic (exact) mass is 228 g/mol. The fourth-order valence-corrected chi connectivity index (χ4v) is 2.90. The first kappa shape index (κ1) is 10.8. The Bertz CT molecular complexity index is 423. The van der Waals surface area contributed by atoms with E-state index >= 15 is 0 Å². The van der Waals surface area contributed by atoms with E-state index in [9.17, 15) is 0 Å². The summed E-state index contributed by atoms with van der Waals surface area (Å²) in [5.41, 5.74) is 3.00. The van der Waals surface area contributed by atoms with Gasteiger partial charge in [0.1, 0.15) is 0 Å². The van der Waals surface area contributed by atoms with Gasteiger partial charge >= 0.3 is 0 Å². The van der Waals surface area contributed by atoms with E-state index in [1.54, 1.807) is 0 Å². The van der Waals surface area contributed by atoms with E-state index in [0.717, 1.165) is 13.0 Å². The minimum absolute atomic E-state index is 0.503. The van der Waals surface area contributed by atoms with Gasteiger partial charge in [0.15, 0.2) is 0 Å². The van der Waals surface area contributed by atoms with Crippen LogP contribution in [0.2, 0.25) is 0 Å². The highest BCUT2D eigenvalue weighted by Gasteiger charge is 2.22. The lowest BCUT2D eigenvalue weighted by Crippen LogP contribution is -2.27. The molecule has 1 aromatic rings. The van der Waals surface area contributed by atoms with E-state index < -0.39 is 0 Å². The van der Waals surface area contributed by atoms with Gasteiger partial charge in [0.05, 0.1) is 11.9 Å². The number of fused-ring (bicyclic) bond motifs is 1. The summed E-state index contributed by atoms with van der Waals surface area (Å²) in [4.78, 5) is 4.67. The standard InChI is InChI=1S/C15H20N2/c1-2-8-15(16-11-5-1)17-14-10-9-12-6-3-4-7-13(12)14/h3-4,6-7,14H,1-2,5,8-11H2,(H,16,17). The number of benzene rings is 1. The molecule has 2 nitrogen and oxygen atoms in total. The van der Waals surface area contributed by atoms with Crippen molar-refractivity contribution in [1.82, 2.24) is 5.32 Å². The Balaban J connectivity index is 1.72. The summed E-state index contributed by atoms with van der Waals surface area (Å²) in [7, 11) is 0. The molecule has 0 saturated heterocycles. The lowest BCUT2D eigenvalue weighted by molar-refractivity contribution is 0.629. The van der Waals surface area contributed by atoms with Gasteiger partial charge in [-0.05, 0) is 36.8 Å². The molecule has 1 aliphatic heterocycles. The maximum absolute atomic E-state index is 4.67. The summed E-state index contributed by atoms with van der Waals surface area (Å²) in [5, 5.41) is 3.66. The van der Waals surface area contributed by atoms with Crippen LogP contribution in [0.5, 0.6) is 0 Å². The molecule has 1 aliphatic carbocycles. The molecule has 0 aromatic heterocycles. The fourth-order valence-electron chi connectivity index (χ4n) is 2.90. The lowest BCUT2D eigenvalue weighted by atomic mass is 10.1. The molecule has 0 bridgehead atoms. The summed E-state index contributed by atoms with van der Waals surface area (Å²) in [6.07, 6.45) is 7.45. The molecule has 2 aliphatic rings. The Morgan fingerprint density at radius 3 is 3.00 bits per heavy atom. The van der Waals surface area contributed by atoms with Crippen LogP contribution in [0.25, 0.3) is 0 Å². The van der Waals surface area contributed by atoms with Crippen LogP contribution in [0.4, 0.5) is 0 Å². The van der Waals surface area contributed by atoms with Crippen LogP contribution in [0.15, 0.2) is 29.3 Å². The first-order chi connectivity index (χ1) is 8.43. The molecular weight excluding hydrogens is 208 g/mol. The van der Waals surface area contributed by atoms with Crippen molar-refractivity contribution in [1.29, 1.82) is 0 Å². The van der Waals surface area contributed by atoms with Crippen molar-refractivity contribution in [2.45, 2.75) is 44.6 Å². The molecule has 1 aromatic carbocycles. The predicted molar refractivity (Wildman–Crippen MR) is 71.4 cm³/mol. The molecule has 3 rings (SSSR count). The number of rotatable bonds is 1. The fraction of sp³-hybridized carbons (Fsp3) is 0.533. The maximum Gasteiger partial charge on any atom is 0.0967 e. The molecule has 0 fully saturated rings. The van der Waals surface area contributed by atoms with E-state index in [1.165, 1.54) is 49.1 Å². The van der Waals surface area contributed by atoms with Gasteiger partial charge in [-0.15, -0.1) is 0 Å². The van der Waals surface area contributed by atoms with Crippen LogP contribution in [-0.2, 0) is 6.42 Å². The molecule has 17 heavy (non-hydrogen) atoms. The Morgan fingerprint density at radius 2 is 2.00 bits per heavy atom. The van der Waals surface area contributed by atoms with E-state index in [0.29, 0.717) is 6.04 Å². The highest BCUT2D eigenvalue weighted by Crippen LogP contribution is 2.30. The third-order valence-electron chi connectivity index (χ3n) is 3.85. The second-order valence-corrected chi connectivity index (χ2v) is 5.07. The number of hydrogen-bond donors (Lipinski definition) is 1. The normalized spacial score (nSPS) is 23.8. The first-order valence-electron chi connectivity index (χ1n) is 6.81. The van der Waals surface area contributed by atoms with E-state index in [4.69, 9.17) is 0 Å². The van der Waals surface area contributed by atoms with Gasteiger partial charge in [-0.2, -0.15) is 0 Å². The molecule has 1 N–H and O–H groups in total. The Morgan fingerprint density at radius 1 is 1.06 bits per heavy atom. The van der Waals surface area contributed by atoms with Crippen molar-refractivity contribution in [3.63, 3.8) is 0 Å². The average molecular weight is 228 g/mol. The molecule has 1 unspecified atom stereocenters. The highest BCUT2D eigenvalue weighted by atomic mass is 15.0. The van der Waals surface area contributed by atoms with Gasteiger partial charge in [-0.1, -0.05) is 30.7 Å². The van der Waals surface area contributed by atoms with Gasteiger partial charge in [-0.25, -0.2) is 0 Å². The minimum Gasteiger partial charge on any atom is -0.367 e. The molecule has 1 atom stereocenters. The zero-order valence-corrected chi connectivity index (χ0v) is 10.3. The smallest absolute Gasteiger partial charge is 0.0967 e. The number of hydrogen-bond acceptors (Lipinski definition) is 2. The maximum atomic E-state index is 4.67. The third-order valence-corrected chi connectivity index (χ3v) is 3.85. The number of amidine groups is 1. The largest absolute Gasteiger partial charge is 0.367 e. The zero-order chi connectivity index (χ0) is 11.5. The molecule has 2 heteroatoms. The predicted octanol–water partition coefficient (Wildman–Crippen LogP) is 3.24. The zero-order valence-electron chi connectivity index (χ0n) is 10.3. The molecule has 90 valence electrons. The molecule has 0 saturated carbocycles. The molecule has 1 heterocycles. The molecule has 0 spiro atoms. The Hall–Kier alpha value is -1.31. The number of nitrogens with one attached hydrogen (secondary N) is 1. The summed E-state index contributed by atoms with van der Waals surface area (Å²) in [6.45, 7) is 1.01. The van der Waals surface area contributed by atoms with Gasteiger partial charge < -0.3 is 5.32 Å². The van der Waals surface area contributed by atoms with E-state index in [2.05, 4.69) is 34.6 Å². The van der Waals surface area contributed by atoms with Gasteiger partial charge in [0.25, 0.3) is 0 Å². The Labute approximate surface area is 103 Å². The van der Waals surface area contributed by atoms with Crippen LogP contribution in [0, 0.1) is 0 Å². The lowest BCUT2D eigenvalue weighted by Gasteiger charge is -2.16. The number of aliphatic imine (C=N–C) groups is 1. The Kier molecular flexibility index (Phi) is 3.12. The van der Waals surface area contributed by atoms with Crippen LogP contribution in [0.3, 0.4) is 0 Å². The first-order valence-corrected chi connectivity index (χ1v) is 6.81. The quantitative estimate of drug-likeness (QED) is 0.784. The number of nitrogens with zero attached hydrogens (tertiary/aromatic N) is 1. The van der Waals surface area contributed by atoms with Gasteiger partial charge in [0.2, 0.25) is 0 Å². The topological polar surface area (TPSA) is 24.4 Å². The average Bonchev–Trinajstić information content (AvgIpc) is 2.59. The summed E-state index contributed by atoms with van der Waals surface area (Å²) < 4.78 is 0. The van der Waals surface area contributed by atoms with Crippen LogP contribution < -0.4 is 5.32 Å². The second kappa shape index (κ2) is 4.91. The van der Waals surface area contributed by atoms with Crippen molar-refractivity contribution in [3.8, 4) is 0 Å². The van der Waals surface area contributed by atoms with Gasteiger partial charge in [-0.3, -0.25) is 4.99 Å². The summed E-state index contributed by atoms with van der Waals surface area (Å²) in [5.74, 6) is 1.24. The van der Waals surface area contributed by atoms with Crippen molar-refractivity contribution in [3.05, 3.63) is 35.4 Å². The number of aryl methyl sites for hydroxylation is 1. The summed E-state index contributed by atoms with van der Waals surface area (Å²) in [6, 6.07) is 9.31. The van der Waals surface area contributed by atoms with Crippen molar-refractivity contribution >= 4 is 5.84 Å². The van der Waals surface area contributed by atoms with Crippen molar-refractivity contribution in [2.75, 3.05) is 6.54 Å².